The topological polar surface area (TPSA) is 50.2 Å². The lowest BCUT2D eigenvalue weighted by Gasteiger charge is -1.86. The normalized spacial score (nSPS) is 10.4. The van der Waals surface area contributed by atoms with Crippen LogP contribution >= 0.6 is 38.6 Å². The number of hydrogen-bond donors (Lipinski definition) is 1. The molecule has 2 aromatic heterocycles. The van der Waals surface area contributed by atoms with Crippen LogP contribution in [0.25, 0.3) is 9.88 Å². The second-order valence-electron chi connectivity index (χ2n) is 2.47. The monoisotopic (exact) mass is 289 g/mol. The Kier molecular flexibility index (Phi) is 2.66. The summed E-state index contributed by atoms with van der Waals surface area (Å²) in [5, 5.41) is 12.9. The number of halogens is 1. The zero-order valence-corrected chi connectivity index (χ0v) is 9.95. The highest BCUT2D eigenvalue weighted by Crippen LogP contribution is 2.31. The molecular formula is C8H4BrNO2S2. The van der Waals surface area contributed by atoms with Gasteiger partial charge in [0.15, 0.2) is 5.69 Å². The molecule has 0 aromatic carbocycles. The fraction of sp³-hybridized carbons (Fsp3) is 0. The molecule has 6 heteroatoms. The molecule has 2 aromatic rings. The number of rotatable bonds is 2. The van der Waals surface area contributed by atoms with E-state index in [0.29, 0.717) is 0 Å². The maximum absolute atomic E-state index is 10.6. The Balaban J connectivity index is 2.38. The van der Waals surface area contributed by atoms with E-state index >= 15 is 0 Å². The number of thiazole rings is 1. The van der Waals surface area contributed by atoms with E-state index in [-0.39, 0.29) is 5.69 Å². The van der Waals surface area contributed by atoms with E-state index in [4.69, 9.17) is 5.11 Å². The first-order valence-electron chi connectivity index (χ1n) is 3.60. The Morgan fingerprint density at radius 1 is 1.43 bits per heavy atom. The van der Waals surface area contributed by atoms with Gasteiger partial charge in [-0.1, -0.05) is 0 Å². The van der Waals surface area contributed by atoms with Crippen LogP contribution in [-0.4, -0.2) is 16.1 Å². The summed E-state index contributed by atoms with van der Waals surface area (Å²) in [7, 11) is 0. The van der Waals surface area contributed by atoms with E-state index in [1.165, 1.54) is 22.7 Å². The molecule has 0 aliphatic heterocycles. The minimum Gasteiger partial charge on any atom is -0.476 e. The van der Waals surface area contributed by atoms with Crippen LogP contribution in [0.15, 0.2) is 21.3 Å². The van der Waals surface area contributed by atoms with Crippen molar-refractivity contribution in [2.24, 2.45) is 0 Å². The lowest BCUT2D eigenvalue weighted by atomic mass is 10.5. The fourth-order valence-electron chi connectivity index (χ4n) is 0.910. The summed E-state index contributed by atoms with van der Waals surface area (Å²) in [5.74, 6) is -0.983. The Morgan fingerprint density at radius 3 is 2.71 bits per heavy atom. The molecule has 0 radical (unpaired) electrons. The second-order valence-corrected chi connectivity index (χ2v) is 5.16. The molecule has 0 saturated carbocycles. The molecule has 3 nitrogen and oxygen atoms in total. The van der Waals surface area contributed by atoms with E-state index in [0.717, 1.165) is 14.4 Å². The molecule has 0 amide bonds. The Hall–Kier alpha value is -0.720. The molecule has 0 fully saturated rings. The number of aromatic nitrogens is 1. The van der Waals surface area contributed by atoms with Crippen molar-refractivity contribution in [3.8, 4) is 9.88 Å². The van der Waals surface area contributed by atoms with Crippen LogP contribution in [0.2, 0.25) is 0 Å². The van der Waals surface area contributed by atoms with Crippen LogP contribution < -0.4 is 0 Å². The third kappa shape index (κ3) is 1.87. The Labute approximate surface area is 96.2 Å². The summed E-state index contributed by atoms with van der Waals surface area (Å²) < 4.78 is 0.990. The average molecular weight is 290 g/mol. The molecule has 14 heavy (non-hydrogen) atoms. The molecule has 0 spiro atoms. The van der Waals surface area contributed by atoms with E-state index in [2.05, 4.69) is 20.9 Å². The highest BCUT2D eigenvalue weighted by molar-refractivity contribution is 9.10. The second kappa shape index (κ2) is 3.80. The van der Waals surface area contributed by atoms with Gasteiger partial charge < -0.3 is 5.11 Å². The van der Waals surface area contributed by atoms with Crippen molar-refractivity contribution in [3.05, 3.63) is 27.0 Å². The van der Waals surface area contributed by atoms with Crippen molar-refractivity contribution in [2.75, 3.05) is 0 Å². The first-order valence-corrected chi connectivity index (χ1v) is 6.15. The van der Waals surface area contributed by atoms with Crippen LogP contribution in [0.1, 0.15) is 10.5 Å². The molecule has 0 aliphatic rings. The van der Waals surface area contributed by atoms with Gasteiger partial charge in [0.05, 0.1) is 4.88 Å². The van der Waals surface area contributed by atoms with Crippen molar-refractivity contribution in [3.63, 3.8) is 0 Å². The van der Waals surface area contributed by atoms with E-state index < -0.39 is 5.97 Å². The maximum Gasteiger partial charge on any atom is 0.355 e. The first kappa shape index (κ1) is 9.82. The predicted molar refractivity (Wildman–Crippen MR) is 60.1 cm³/mol. The van der Waals surface area contributed by atoms with Crippen molar-refractivity contribution < 1.29 is 9.90 Å². The summed E-state index contributed by atoms with van der Waals surface area (Å²) in [5.41, 5.74) is 0.106. The summed E-state index contributed by atoms with van der Waals surface area (Å²) in [6.45, 7) is 0. The highest BCUT2D eigenvalue weighted by Gasteiger charge is 2.11. The summed E-state index contributed by atoms with van der Waals surface area (Å²) in [6, 6.07) is 1.93. The zero-order valence-electron chi connectivity index (χ0n) is 6.73. The molecule has 2 rings (SSSR count). The maximum atomic E-state index is 10.6. The lowest BCUT2D eigenvalue weighted by molar-refractivity contribution is 0.0691. The van der Waals surface area contributed by atoms with E-state index in [9.17, 15) is 4.79 Å². The van der Waals surface area contributed by atoms with Gasteiger partial charge in [-0.2, -0.15) is 0 Å². The quantitative estimate of drug-likeness (QED) is 0.923. The summed E-state index contributed by atoms with van der Waals surface area (Å²) in [4.78, 5) is 15.6. The third-order valence-electron chi connectivity index (χ3n) is 1.50. The van der Waals surface area contributed by atoms with Crippen LogP contribution in [-0.2, 0) is 0 Å². The fourth-order valence-corrected chi connectivity index (χ4v) is 3.21. The molecular weight excluding hydrogens is 286 g/mol. The van der Waals surface area contributed by atoms with Gasteiger partial charge in [0.2, 0.25) is 0 Å². The number of hydrogen-bond acceptors (Lipinski definition) is 4. The number of carboxylic acid groups (broad SMARTS) is 1. The number of carboxylic acids is 1. The van der Waals surface area contributed by atoms with Gasteiger partial charge in [0.1, 0.15) is 5.01 Å². The van der Waals surface area contributed by atoms with Gasteiger partial charge in [-0.25, -0.2) is 9.78 Å². The summed E-state index contributed by atoms with van der Waals surface area (Å²) in [6.07, 6.45) is 0. The number of aromatic carboxylic acids is 1. The van der Waals surface area contributed by atoms with Gasteiger partial charge in [0.25, 0.3) is 0 Å². The molecule has 72 valence electrons. The molecule has 0 bridgehead atoms. The van der Waals surface area contributed by atoms with Crippen molar-refractivity contribution >= 4 is 44.6 Å². The van der Waals surface area contributed by atoms with Crippen LogP contribution in [0.4, 0.5) is 0 Å². The van der Waals surface area contributed by atoms with Crippen molar-refractivity contribution in [2.45, 2.75) is 0 Å². The molecule has 0 aliphatic carbocycles. The summed E-state index contributed by atoms with van der Waals surface area (Å²) >= 11 is 6.21. The highest BCUT2D eigenvalue weighted by atomic mass is 79.9. The Morgan fingerprint density at radius 2 is 2.21 bits per heavy atom. The van der Waals surface area contributed by atoms with Gasteiger partial charge in [-0.3, -0.25) is 0 Å². The molecule has 0 atom stereocenters. The van der Waals surface area contributed by atoms with Crippen molar-refractivity contribution in [1.29, 1.82) is 0 Å². The first-order chi connectivity index (χ1) is 6.66. The van der Waals surface area contributed by atoms with Gasteiger partial charge in [-0.15, -0.1) is 22.7 Å². The number of thiophene rings is 1. The van der Waals surface area contributed by atoms with Gasteiger partial charge in [-0.05, 0) is 22.0 Å². The predicted octanol–water partition coefficient (Wildman–Crippen LogP) is 3.33. The average Bonchev–Trinajstić information content (AvgIpc) is 2.70. The van der Waals surface area contributed by atoms with Crippen LogP contribution in [0, 0.1) is 0 Å². The van der Waals surface area contributed by atoms with Crippen LogP contribution in [0.3, 0.4) is 0 Å². The largest absolute Gasteiger partial charge is 0.476 e. The minimum atomic E-state index is -0.983. The minimum absolute atomic E-state index is 0.106. The zero-order chi connectivity index (χ0) is 10.1. The van der Waals surface area contributed by atoms with E-state index in [1.807, 2.05) is 11.4 Å². The Bertz CT molecular complexity index is 477. The molecule has 0 saturated heterocycles. The molecule has 2 heterocycles. The van der Waals surface area contributed by atoms with Crippen LogP contribution in [0.5, 0.6) is 0 Å². The van der Waals surface area contributed by atoms with Gasteiger partial charge in [0, 0.05) is 15.2 Å². The third-order valence-corrected chi connectivity index (χ3v) is 4.20. The lowest BCUT2D eigenvalue weighted by Crippen LogP contribution is -1.95. The van der Waals surface area contributed by atoms with Gasteiger partial charge >= 0.3 is 5.97 Å². The van der Waals surface area contributed by atoms with E-state index in [1.54, 1.807) is 5.38 Å². The number of carbonyl (C=O) groups is 1. The standard InChI is InChI=1S/C8H4BrNO2S2/c9-4-1-6(13-2-4)7-10-5(3-14-7)8(11)12/h1-3H,(H,11,12). The molecule has 1 N–H and O–H groups in total. The number of nitrogens with zero attached hydrogens (tertiary/aromatic N) is 1. The smallest absolute Gasteiger partial charge is 0.355 e. The van der Waals surface area contributed by atoms with Crippen molar-refractivity contribution in [1.82, 2.24) is 4.98 Å². The molecule has 0 unspecified atom stereocenters. The SMILES string of the molecule is O=C(O)c1csc(-c2cc(Br)cs2)n1.